The molecule has 0 radical (unpaired) electrons. The first-order valence-electron chi connectivity index (χ1n) is 8.88. The number of methoxy groups -OCH3 is 1. The minimum atomic E-state index is -0.0678. The van der Waals surface area contributed by atoms with E-state index in [0.29, 0.717) is 29.8 Å². The van der Waals surface area contributed by atoms with E-state index < -0.39 is 0 Å². The second-order valence-corrected chi connectivity index (χ2v) is 7.78. The third kappa shape index (κ3) is 5.04. The molecular formula is C21H21BrN2O3S. The lowest BCUT2D eigenvalue weighted by atomic mass is 10.2. The van der Waals surface area contributed by atoms with E-state index in [2.05, 4.69) is 20.9 Å². The van der Waals surface area contributed by atoms with Gasteiger partial charge in [-0.3, -0.25) is 9.69 Å². The Morgan fingerprint density at radius 1 is 1.21 bits per heavy atom. The number of halogens is 1. The van der Waals surface area contributed by atoms with Crippen molar-refractivity contribution in [2.75, 3.05) is 26.9 Å². The summed E-state index contributed by atoms with van der Waals surface area (Å²) in [7, 11) is 1.62. The first kappa shape index (κ1) is 20.6. The molecule has 1 aliphatic heterocycles. The summed E-state index contributed by atoms with van der Waals surface area (Å²) in [4.78, 5) is 19.9. The number of hydrogen-bond donors (Lipinski definition) is 0. The van der Waals surface area contributed by atoms with Crippen LogP contribution in [0.25, 0.3) is 6.08 Å². The van der Waals surface area contributed by atoms with Crippen molar-refractivity contribution in [1.29, 1.82) is 0 Å². The molecule has 1 saturated heterocycles. The fraction of sp³-hybridized carbons (Fsp3) is 0.238. The molecule has 0 N–H and O–H groups in total. The number of hydrogen-bond acceptors (Lipinski definition) is 5. The van der Waals surface area contributed by atoms with E-state index in [9.17, 15) is 4.79 Å². The first-order valence-corrected chi connectivity index (χ1v) is 10.5. The number of para-hydroxylation sites is 1. The van der Waals surface area contributed by atoms with Crippen LogP contribution in [0.15, 0.2) is 62.9 Å². The second-order valence-electron chi connectivity index (χ2n) is 5.91. The van der Waals surface area contributed by atoms with Gasteiger partial charge in [0, 0.05) is 7.11 Å². The highest BCUT2D eigenvalue weighted by atomic mass is 79.9. The van der Waals surface area contributed by atoms with E-state index >= 15 is 0 Å². The van der Waals surface area contributed by atoms with Crippen molar-refractivity contribution in [3.63, 3.8) is 0 Å². The van der Waals surface area contributed by atoms with Gasteiger partial charge in [0.1, 0.15) is 5.75 Å². The molecule has 1 aliphatic rings. The highest BCUT2D eigenvalue weighted by Gasteiger charge is 2.33. The lowest BCUT2D eigenvalue weighted by Gasteiger charge is -2.14. The van der Waals surface area contributed by atoms with Gasteiger partial charge in [-0.1, -0.05) is 24.3 Å². The van der Waals surface area contributed by atoms with Crippen LogP contribution in [0.4, 0.5) is 5.69 Å². The maximum absolute atomic E-state index is 12.9. The largest absolute Gasteiger partial charge is 0.493 e. The van der Waals surface area contributed by atoms with Gasteiger partial charge in [0.15, 0.2) is 5.17 Å². The van der Waals surface area contributed by atoms with Gasteiger partial charge in [-0.2, -0.15) is 0 Å². The molecule has 0 atom stereocenters. The summed E-state index contributed by atoms with van der Waals surface area (Å²) < 4.78 is 11.6. The summed E-state index contributed by atoms with van der Waals surface area (Å²) in [6.45, 7) is 3.44. The Hall–Kier alpha value is -2.09. The average Bonchev–Trinajstić information content (AvgIpc) is 2.97. The lowest BCUT2D eigenvalue weighted by Crippen LogP contribution is -2.32. The fourth-order valence-corrected chi connectivity index (χ4v) is 4.15. The number of aliphatic imine (C=N–C) groups is 1. The molecule has 2 aromatic rings. The number of thioether (sulfide) groups is 1. The Morgan fingerprint density at radius 2 is 2.00 bits per heavy atom. The van der Waals surface area contributed by atoms with Gasteiger partial charge >= 0.3 is 0 Å². The molecule has 146 valence electrons. The maximum Gasteiger partial charge on any atom is 0.266 e. The van der Waals surface area contributed by atoms with Crippen LogP contribution in [-0.4, -0.2) is 42.8 Å². The molecule has 1 amide bonds. The Morgan fingerprint density at radius 3 is 2.68 bits per heavy atom. The highest BCUT2D eigenvalue weighted by Crippen LogP contribution is 2.35. The molecule has 5 nitrogen and oxygen atoms in total. The minimum absolute atomic E-state index is 0.0678. The summed E-state index contributed by atoms with van der Waals surface area (Å²) in [5.74, 6) is 0.713. The summed E-state index contributed by atoms with van der Waals surface area (Å²) in [6.07, 6.45) is 1.88. The van der Waals surface area contributed by atoms with Crippen LogP contribution < -0.4 is 4.74 Å². The molecule has 0 aliphatic carbocycles. The van der Waals surface area contributed by atoms with Crippen molar-refractivity contribution >= 4 is 50.5 Å². The minimum Gasteiger partial charge on any atom is -0.493 e. The van der Waals surface area contributed by atoms with E-state index in [1.807, 2.05) is 61.5 Å². The Kier molecular flexibility index (Phi) is 7.30. The zero-order valence-electron chi connectivity index (χ0n) is 15.7. The Bertz CT molecular complexity index is 900. The quantitative estimate of drug-likeness (QED) is 0.539. The number of carbonyl (C=O) groups is 1. The number of carbonyl (C=O) groups excluding carboxylic acids is 1. The SMILES string of the molecule is CCOc1ccc(C=C2SC(=Nc3ccccc3)N(CCOC)C2=O)cc1Br. The van der Waals surface area contributed by atoms with Gasteiger partial charge < -0.3 is 9.47 Å². The normalized spacial score (nSPS) is 17.0. The average molecular weight is 461 g/mol. The molecular weight excluding hydrogens is 440 g/mol. The van der Waals surface area contributed by atoms with E-state index in [1.165, 1.54) is 11.8 Å². The zero-order valence-corrected chi connectivity index (χ0v) is 18.1. The first-order chi connectivity index (χ1) is 13.6. The van der Waals surface area contributed by atoms with Crippen molar-refractivity contribution < 1.29 is 14.3 Å². The number of benzene rings is 2. The van der Waals surface area contributed by atoms with Gasteiger partial charge in [-0.15, -0.1) is 0 Å². The van der Waals surface area contributed by atoms with E-state index in [0.717, 1.165) is 21.5 Å². The van der Waals surface area contributed by atoms with E-state index in [-0.39, 0.29) is 5.91 Å². The monoisotopic (exact) mass is 460 g/mol. The molecule has 0 saturated carbocycles. The van der Waals surface area contributed by atoms with Gasteiger partial charge in [-0.25, -0.2) is 4.99 Å². The van der Waals surface area contributed by atoms with E-state index in [1.54, 1.807) is 12.0 Å². The number of amides is 1. The van der Waals surface area contributed by atoms with Crippen LogP contribution in [0.2, 0.25) is 0 Å². The molecule has 1 heterocycles. The Balaban J connectivity index is 1.89. The zero-order chi connectivity index (χ0) is 19.9. The molecule has 3 rings (SSSR count). The predicted octanol–water partition coefficient (Wildman–Crippen LogP) is 5.10. The third-order valence-electron chi connectivity index (χ3n) is 3.94. The predicted molar refractivity (Wildman–Crippen MR) is 118 cm³/mol. The highest BCUT2D eigenvalue weighted by molar-refractivity contribution is 9.10. The van der Waals surface area contributed by atoms with Gasteiger partial charge in [0.2, 0.25) is 0 Å². The van der Waals surface area contributed by atoms with Crippen molar-refractivity contribution in [3.05, 3.63) is 63.5 Å². The molecule has 0 aromatic heterocycles. The number of ether oxygens (including phenoxy) is 2. The Labute approximate surface area is 177 Å². The van der Waals surface area contributed by atoms with Crippen LogP contribution in [0.1, 0.15) is 12.5 Å². The second kappa shape index (κ2) is 9.91. The maximum atomic E-state index is 12.9. The van der Waals surface area contributed by atoms with Crippen LogP contribution >= 0.6 is 27.7 Å². The molecule has 0 spiro atoms. The molecule has 2 aromatic carbocycles. The molecule has 7 heteroatoms. The smallest absolute Gasteiger partial charge is 0.266 e. The van der Waals surface area contributed by atoms with Crippen molar-refractivity contribution in [2.45, 2.75) is 6.92 Å². The van der Waals surface area contributed by atoms with E-state index in [4.69, 9.17) is 9.47 Å². The summed E-state index contributed by atoms with van der Waals surface area (Å²) in [5.41, 5.74) is 1.73. The fourth-order valence-electron chi connectivity index (χ4n) is 2.61. The van der Waals surface area contributed by atoms with Crippen molar-refractivity contribution in [1.82, 2.24) is 4.90 Å². The van der Waals surface area contributed by atoms with Gasteiger partial charge in [0.05, 0.1) is 34.8 Å². The standard InChI is InChI=1S/C21H21BrN2O3S/c1-3-27-18-10-9-15(13-17(18)22)14-19-20(25)24(11-12-26-2)21(28-19)23-16-7-5-4-6-8-16/h4-10,13-14H,3,11-12H2,1-2H3. The van der Waals surface area contributed by atoms with Crippen molar-refractivity contribution in [2.24, 2.45) is 4.99 Å². The molecule has 28 heavy (non-hydrogen) atoms. The summed E-state index contributed by atoms with van der Waals surface area (Å²) in [5, 5.41) is 0.657. The van der Waals surface area contributed by atoms with Gasteiger partial charge in [0.25, 0.3) is 5.91 Å². The lowest BCUT2D eigenvalue weighted by molar-refractivity contribution is -0.122. The van der Waals surface area contributed by atoms with Crippen molar-refractivity contribution in [3.8, 4) is 5.75 Å². The molecule has 0 unspecified atom stereocenters. The molecule has 0 bridgehead atoms. The van der Waals surface area contributed by atoms with Crippen LogP contribution in [0.5, 0.6) is 5.75 Å². The topological polar surface area (TPSA) is 51.1 Å². The number of nitrogens with zero attached hydrogens (tertiary/aromatic N) is 2. The van der Waals surface area contributed by atoms with Crippen LogP contribution in [0, 0.1) is 0 Å². The molecule has 1 fully saturated rings. The summed E-state index contributed by atoms with van der Waals surface area (Å²) in [6, 6.07) is 15.4. The van der Waals surface area contributed by atoms with Crippen LogP contribution in [-0.2, 0) is 9.53 Å². The van der Waals surface area contributed by atoms with Gasteiger partial charge in [-0.05, 0) is 70.5 Å². The number of rotatable bonds is 7. The third-order valence-corrected chi connectivity index (χ3v) is 5.57. The van der Waals surface area contributed by atoms with Crippen LogP contribution in [0.3, 0.4) is 0 Å². The summed E-state index contributed by atoms with van der Waals surface area (Å²) >= 11 is 4.89. The number of amidine groups is 1.